The third kappa shape index (κ3) is 2.71. The maximum Gasteiger partial charge on any atom is 0.146 e. The van der Waals surface area contributed by atoms with Crippen molar-refractivity contribution < 1.29 is 4.39 Å². The molecule has 1 aromatic rings. The second-order valence-corrected chi connectivity index (χ2v) is 5.79. The molecule has 0 spiro atoms. The van der Waals surface area contributed by atoms with Gasteiger partial charge in [-0.1, -0.05) is 41.4 Å². The minimum atomic E-state index is -0.0875. The molecule has 0 saturated carbocycles. The van der Waals surface area contributed by atoms with Gasteiger partial charge in [0, 0.05) is 17.9 Å². The number of benzene rings is 1. The predicted octanol–water partition coefficient (Wildman–Crippen LogP) is 4.74. The summed E-state index contributed by atoms with van der Waals surface area (Å²) in [5, 5.41) is 0.708. The van der Waals surface area contributed by atoms with Gasteiger partial charge in [-0.15, -0.1) is 0 Å². The Balaban J connectivity index is 2.34. The average molecular weight is 314 g/mol. The highest BCUT2D eigenvalue weighted by molar-refractivity contribution is 9.08. The summed E-state index contributed by atoms with van der Waals surface area (Å²) in [4.78, 5) is 2.27. The van der Waals surface area contributed by atoms with Crippen molar-refractivity contribution in [1.82, 2.24) is 0 Å². The number of hydrogen-bond acceptors (Lipinski definition) is 1. The zero-order chi connectivity index (χ0) is 13.1. The van der Waals surface area contributed by atoms with Crippen LogP contribution in [0, 0.1) is 11.7 Å². The summed E-state index contributed by atoms with van der Waals surface area (Å²) in [6.07, 6.45) is 3.61. The van der Waals surface area contributed by atoms with Crippen LogP contribution in [0.3, 0.4) is 0 Å². The zero-order valence-corrected chi connectivity index (χ0v) is 12.7. The van der Waals surface area contributed by atoms with Crippen LogP contribution in [0.15, 0.2) is 18.2 Å². The van der Waals surface area contributed by atoms with E-state index in [1.54, 1.807) is 12.1 Å². The van der Waals surface area contributed by atoms with Crippen molar-refractivity contribution in [1.29, 1.82) is 0 Å². The van der Waals surface area contributed by atoms with Crippen molar-refractivity contribution in [2.75, 3.05) is 11.4 Å². The molecule has 1 heterocycles. The molecule has 0 aromatic heterocycles. The van der Waals surface area contributed by atoms with Crippen molar-refractivity contribution in [3.8, 4) is 0 Å². The fraction of sp³-hybridized carbons (Fsp3) is 0.600. The molecule has 1 aliphatic heterocycles. The van der Waals surface area contributed by atoms with Crippen LogP contribution in [0.2, 0.25) is 0 Å². The third-order valence-electron chi connectivity index (χ3n) is 4.06. The maximum absolute atomic E-state index is 14.2. The monoisotopic (exact) mass is 313 g/mol. The number of piperidine rings is 1. The number of hydrogen-bond donors (Lipinski definition) is 0. The molecule has 3 heteroatoms. The number of para-hydroxylation sites is 1. The molecule has 0 N–H and O–H groups in total. The van der Waals surface area contributed by atoms with E-state index in [4.69, 9.17) is 0 Å². The van der Waals surface area contributed by atoms with Crippen molar-refractivity contribution in [3.63, 3.8) is 0 Å². The molecule has 0 amide bonds. The van der Waals surface area contributed by atoms with E-state index in [1.165, 1.54) is 12.8 Å². The van der Waals surface area contributed by atoms with Crippen molar-refractivity contribution >= 4 is 21.6 Å². The first-order valence-electron chi connectivity index (χ1n) is 6.77. The summed E-state index contributed by atoms with van der Waals surface area (Å²) in [5.41, 5.74) is 1.86. The van der Waals surface area contributed by atoms with Gasteiger partial charge < -0.3 is 4.90 Å². The Morgan fingerprint density at radius 1 is 1.39 bits per heavy atom. The normalized spacial score (nSPS) is 24.3. The molecule has 2 atom stereocenters. The first-order valence-corrected chi connectivity index (χ1v) is 7.89. The standard InChI is InChI=1S/C15H21BrFN/c1-3-12-8-7-11(2)18(10-12)15-13(9-16)5-4-6-14(15)17/h4-6,11-12H,3,7-10H2,1-2H3. The van der Waals surface area contributed by atoms with E-state index in [0.717, 1.165) is 24.2 Å². The van der Waals surface area contributed by atoms with E-state index < -0.39 is 0 Å². The fourth-order valence-corrected chi connectivity index (χ4v) is 3.27. The molecular weight excluding hydrogens is 293 g/mol. The second-order valence-electron chi connectivity index (χ2n) is 5.23. The number of rotatable bonds is 3. The van der Waals surface area contributed by atoms with Gasteiger partial charge in [-0.25, -0.2) is 4.39 Å². The zero-order valence-electron chi connectivity index (χ0n) is 11.1. The summed E-state index contributed by atoms with van der Waals surface area (Å²) in [5.74, 6) is 0.611. The fourth-order valence-electron chi connectivity index (χ4n) is 2.82. The van der Waals surface area contributed by atoms with E-state index in [-0.39, 0.29) is 5.82 Å². The van der Waals surface area contributed by atoms with Crippen LogP contribution in [-0.4, -0.2) is 12.6 Å². The Morgan fingerprint density at radius 3 is 2.83 bits per heavy atom. The van der Waals surface area contributed by atoms with E-state index in [9.17, 15) is 4.39 Å². The first kappa shape index (κ1) is 13.9. The van der Waals surface area contributed by atoms with Crippen molar-refractivity contribution in [2.45, 2.75) is 44.5 Å². The summed E-state index contributed by atoms with van der Waals surface area (Å²) in [6.45, 7) is 5.42. The molecule has 0 aliphatic carbocycles. The van der Waals surface area contributed by atoms with Crippen molar-refractivity contribution in [3.05, 3.63) is 29.6 Å². The Hall–Kier alpha value is -0.570. The smallest absolute Gasteiger partial charge is 0.146 e. The number of halogens is 2. The van der Waals surface area contributed by atoms with Crippen LogP contribution in [0.4, 0.5) is 10.1 Å². The Morgan fingerprint density at radius 2 is 2.17 bits per heavy atom. The molecule has 0 radical (unpaired) electrons. The summed E-state index contributed by atoms with van der Waals surface area (Å²) in [7, 11) is 0. The average Bonchev–Trinajstić information content (AvgIpc) is 2.39. The predicted molar refractivity (Wildman–Crippen MR) is 78.9 cm³/mol. The largest absolute Gasteiger partial charge is 0.366 e. The molecule has 1 aromatic carbocycles. The van der Waals surface area contributed by atoms with Gasteiger partial charge in [0.15, 0.2) is 0 Å². The van der Waals surface area contributed by atoms with E-state index in [2.05, 4.69) is 34.7 Å². The Bertz CT molecular complexity index is 407. The van der Waals surface area contributed by atoms with Gasteiger partial charge in [-0.3, -0.25) is 0 Å². The Kier molecular flexibility index (Phi) is 4.66. The lowest BCUT2D eigenvalue weighted by Crippen LogP contribution is -2.42. The molecule has 100 valence electrons. The molecular formula is C15H21BrFN. The van der Waals surface area contributed by atoms with Gasteiger partial charge in [-0.2, -0.15) is 0 Å². The Labute approximate surface area is 118 Å². The maximum atomic E-state index is 14.2. The molecule has 1 nitrogen and oxygen atoms in total. The van der Waals surface area contributed by atoms with Gasteiger partial charge in [0.25, 0.3) is 0 Å². The van der Waals surface area contributed by atoms with E-state index in [0.29, 0.717) is 17.3 Å². The minimum absolute atomic E-state index is 0.0875. The van der Waals surface area contributed by atoms with E-state index in [1.807, 2.05) is 6.07 Å². The van der Waals surface area contributed by atoms with Crippen LogP contribution in [0.5, 0.6) is 0 Å². The number of anilines is 1. The van der Waals surface area contributed by atoms with Gasteiger partial charge in [-0.05, 0) is 37.3 Å². The minimum Gasteiger partial charge on any atom is -0.366 e. The molecule has 1 aliphatic rings. The lowest BCUT2D eigenvalue weighted by atomic mass is 9.90. The van der Waals surface area contributed by atoms with Crippen LogP contribution in [0.1, 0.15) is 38.7 Å². The van der Waals surface area contributed by atoms with Crippen molar-refractivity contribution in [2.24, 2.45) is 5.92 Å². The molecule has 1 saturated heterocycles. The summed E-state index contributed by atoms with van der Waals surface area (Å²) < 4.78 is 14.2. The second kappa shape index (κ2) is 6.05. The van der Waals surface area contributed by atoms with Gasteiger partial charge in [0.1, 0.15) is 5.82 Å². The highest BCUT2D eigenvalue weighted by Crippen LogP contribution is 2.34. The third-order valence-corrected chi connectivity index (χ3v) is 4.66. The van der Waals surface area contributed by atoms with E-state index >= 15 is 0 Å². The highest BCUT2D eigenvalue weighted by atomic mass is 79.9. The van der Waals surface area contributed by atoms with Gasteiger partial charge in [0.05, 0.1) is 5.69 Å². The van der Waals surface area contributed by atoms with Crippen LogP contribution >= 0.6 is 15.9 Å². The summed E-state index contributed by atoms with van der Waals surface area (Å²) >= 11 is 3.47. The summed E-state index contributed by atoms with van der Waals surface area (Å²) in [6, 6.07) is 5.81. The lowest BCUT2D eigenvalue weighted by molar-refractivity contribution is 0.356. The number of alkyl halides is 1. The molecule has 1 fully saturated rings. The van der Waals surface area contributed by atoms with Crippen LogP contribution in [0.25, 0.3) is 0 Å². The number of nitrogens with zero attached hydrogens (tertiary/aromatic N) is 1. The first-order chi connectivity index (χ1) is 8.67. The topological polar surface area (TPSA) is 3.24 Å². The lowest BCUT2D eigenvalue weighted by Gasteiger charge is -2.40. The van der Waals surface area contributed by atoms with Crippen LogP contribution in [-0.2, 0) is 5.33 Å². The van der Waals surface area contributed by atoms with Gasteiger partial charge in [0.2, 0.25) is 0 Å². The molecule has 18 heavy (non-hydrogen) atoms. The quantitative estimate of drug-likeness (QED) is 0.729. The van der Waals surface area contributed by atoms with Crippen LogP contribution < -0.4 is 4.90 Å². The highest BCUT2D eigenvalue weighted by Gasteiger charge is 2.27. The van der Waals surface area contributed by atoms with Gasteiger partial charge >= 0.3 is 0 Å². The molecule has 0 bridgehead atoms. The molecule has 2 unspecified atom stereocenters. The molecule has 2 rings (SSSR count). The SMILES string of the molecule is CCC1CCC(C)N(c2c(F)cccc2CBr)C1.